The van der Waals surface area contributed by atoms with Crippen molar-refractivity contribution >= 4 is 41.3 Å². The highest BCUT2D eigenvalue weighted by Crippen LogP contribution is 2.38. The van der Waals surface area contributed by atoms with Gasteiger partial charge in [0, 0.05) is 35.6 Å². The van der Waals surface area contributed by atoms with E-state index < -0.39 is 0 Å². The maximum atomic E-state index is 12.4. The number of carbonyl (C=O) groups is 1. The van der Waals surface area contributed by atoms with E-state index in [1.165, 1.54) is 0 Å². The second kappa shape index (κ2) is 11.3. The molecule has 0 bridgehead atoms. The third-order valence-corrected chi connectivity index (χ3v) is 6.12. The molecular formula is C24H23N3OS2. The molecule has 0 aromatic heterocycles. The molecule has 3 rings (SSSR count). The molecule has 0 heterocycles. The largest absolute Gasteiger partial charge is 0.378 e. The third kappa shape index (κ3) is 7.13. The van der Waals surface area contributed by atoms with Crippen molar-refractivity contribution in [2.24, 2.45) is 5.10 Å². The minimum Gasteiger partial charge on any atom is -0.378 e. The number of hydrazone groups is 1. The summed E-state index contributed by atoms with van der Waals surface area (Å²) in [6, 6.07) is 27.9. The zero-order valence-electron chi connectivity index (χ0n) is 16.9. The average molecular weight is 434 g/mol. The number of carbonyl (C=O) groups excluding carboxylic acids is 1. The number of hydrogen-bond acceptors (Lipinski definition) is 5. The molecule has 0 radical (unpaired) electrons. The normalized spacial score (nSPS) is 10.6. The van der Waals surface area contributed by atoms with Crippen LogP contribution in [0.25, 0.3) is 0 Å². The molecule has 0 aliphatic heterocycles. The first-order valence-corrected chi connectivity index (χ1v) is 11.0. The number of amides is 1. The molecule has 0 atom stereocenters. The summed E-state index contributed by atoms with van der Waals surface area (Å²) in [6.45, 7) is 0. The van der Waals surface area contributed by atoms with E-state index in [0.717, 1.165) is 25.3 Å². The summed E-state index contributed by atoms with van der Waals surface area (Å²) < 4.78 is 0.871. The molecule has 0 saturated heterocycles. The van der Waals surface area contributed by atoms with E-state index in [-0.39, 0.29) is 5.91 Å². The summed E-state index contributed by atoms with van der Waals surface area (Å²) in [7, 11) is 3.99. The molecule has 4 nitrogen and oxygen atoms in total. The Hall–Kier alpha value is -2.96. The zero-order chi connectivity index (χ0) is 21.2. The van der Waals surface area contributed by atoms with Crippen molar-refractivity contribution in [2.75, 3.05) is 19.0 Å². The molecule has 0 spiro atoms. The van der Waals surface area contributed by atoms with Gasteiger partial charge in [-0.05, 0) is 42.0 Å². The summed E-state index contributed by atoms with van der Waals surface area (Å²) in [5.74, 6) is -0.266. The predicted octanol–water partition coefficient (Wildman–Crippen LogP) is 5.63. The quantitative estimate of drug-likeness (QED) is 0.216. The third-order valence-electron chi connectivity index (χ3n) is 3.97. The molecule has 152 valence electrons. The van der Waals surface area contributed by atoms with Gasteiger partial charge in [-0.3, -0.25) is 4.79 Å². The maximum absolute atomic E-state index is 12.4. The zero-order valence-corrected chi connectivity index (χ0v) is 18.5. The molecule has 0 aliphatic rings. The molecular weight excluding hydrogens is 410 g/mol. The van der Waals surface area contributed by atoms with Crippen LogP contribution in [-0.4, -0.2) is 26.2 Å². The van der Waals surface area contributed by atoms with Crippen LogP contribution in [0.4, 0.5) is 5.69 Å². The summed E-state index contributed by atoms with van der Waals surface area (Å²) in [5, 5.41) is 4.08. The standard InChI is InChI=1S/C24H23N3OS2/c1-27(2)20-15-13-19(14-16-20)18-25-26-23(28)17-24(29-21-9-5-3-6-10-21)30-22-11-7-4-8-12-22/h3-18H,1-2H3,(H,26,28)/b25-18-. The van der Waals surface area contributed by atoms with Crippen LogP contribution >= 0.6 is 23.5 Å². The van der Waals surface area contributed by atoms with Crippen molar-refractivity contribution in [2.45, 2.75) is 9.79 Å². The molecule has 6 heteroatoms. The van der Waals surface area contributed by atoms with Gasteiger partial charge in [-0.25, -0.2) is 5.43 Å². The number of benzene rings is 3. The average Bonchev–Trinajstić information content (AvgIpc) is 2.75. The van der Waals surface area contributed by atoms with E-state index >= 15 is 0 Å². The first-order valence-electron chi connectivity index (χ1n) is 9.38. The molecule has 3 aromatic rings. The molecule has 1 N–H and O–H groups in total. The van der Waals surface area contributed by atoms with E-state index in [4.69, 9.17) is 0 Å². The number of nitrogens with zero attached hydrogens (tertiary/aromatic N) is 2. The predicted molar refractivity (Wildman–Crippen MR) is 129 cm³/mol. The lowest BCUT2D eigenvalue weighted by atomic mass is 10.2. The number of hydrogen-bond donors (Lipinski definition) is 1. The Bertz CT molecular complexity index is 958. The first-order chi connectivity index (χ1) is 14.6. The van der Waals surface area contributed by atoms with Crippen LogP contribution in [0.2, 0.25) is 0 Å². The Labute approximate surface area is 186 Å². The molecule has 0 saturated carbocycles. The molecule has 0 aliphatic carbocycles. The minimum atomic E-state index is -0.266. The van der Waals surface area contributed by atoms with Gasteiger partial charge in [0.1, 0.15) is 0 Å². The van der Waals surface area contributed by atoms with Gasteiger partial charge in [0.15, 0.2) is 0 Å². The van der Waals surface area contributed by atoms with Gasteiger partial charge in [-0.15, -0.1) is 0 Å². The number of anilines is 1. The van der Waals surface area contributed by atoms with Crippen LogP contribution < -0.4 is 10.3 Å². The van der Waals surface area contributed by atoms with Gasteiger partial charge in [0.2, 0.25) is 0 Å². The van der Waals surface area contributed by atoms with E-state index in [0.29, 0.717) is 0 Å². The van der Waals surface area contributed by atoms with Gasteiger partial charge in [-0.2, -0.15) is 5.10 Å². The minimum absolute atomic E-state index is 0.266. The summed E-state index contributed by atoms with van der Waals surface area (Å²) in [6.07, 6.45) is 3.22. The number of rotatable bonds is 8. The van der Waals surface area contributed by atoms with Gasteiger partial charge >= 0.3 is 0 Å². The monoisotopic (exact) mass is 433 g/mol. The summed E-state index contributed by atoms with van der Waals surface area (Å²) >= 11 is 3.11. The smallest absolute Gasteiger partial charge is 0.265 e. The molecule has 0 fully saturated rings. The Balaban J connectivity index is 1.67. The van der Waals surface area contributed by atoms with Crippen LogP contribution in [0.15, 0.2) is 110 Å². The van der Waals surface area contributed by atoms with Gasteiger partial charge in [0.25, 0.3) is 5.91 Å². The molecule has 0 unspecified atom stereocenters. The highest BCUT2D eigenvalue weighted by Gasteiger charge is 2.07. The Morgan fingerprint density at radius 1 is 0.833 bits per heavy atom. The second-order valence-corrected chi connectivity index (χ2v) is 9.00. The van der Waals surface area contributed by atoms with Gasteiger partial charge in [-0.1, -0.05) is 72.1 Å². The highest BCUT2D eigenvalue weighted by atomic mass is 32.2. The molecule has 30 heavy (non-hydrogen) atoms. The fraction of sp³-hybridized carbons (Fsp3) is 0.0833. The van der Waals surface area contributed by atoms with Crippen LogP contribution in [0, 0.1) is 0 Å². The lowest BCUT2D eigenvalue weighted by molar-refractivity contribution is -0.116. The molecule has 3 aromatic carbocycles. The van der Waals surface area contributed by atoms with Crippen LogP contribution in [0.5, 0.6) is 0 Å². The second-order valence-electron chi connectivity index (χ2n) is 6.51. The van der Waals surface area contributed by atoms with Crippen LogP contribution in [0.3, 0.4) is 0 Å². The highest BCUT2D eigenvalue weighted by molar-refractivity contribution is 8.22. The Morgan fingerprint density at radius 3 is 1.87 bits per heavy atom. The van der Waals surface area contributed by atoms with Crippen LogP contribution in [-0.2, 0) is 4.79 Å². The summed E-state index contributed by atoms with van der Waals surface area (Å²) in [5.41, 5.74) is 4.62. The van der Waals surface area contributed by atoms with E-state index in [9.17, 15) is 4.79 Å². The van der Waals surface area contributed by atoms with E-state index in [2.05, 4.69) is 10.5 Å². The number of nitrogens with one attached hydrogen (secondary N) is 1. The van der Waals surface area contributed by atoms with Crippen molar-refractivity contribution in [3.8, 4) is 0 Å². The first kappa shape index (κ1) is 21.7. The lowest BCUT2D eigenvalue weighted by Crippen LogP contribution is -2.14. The van der Waals surface area contributed by atoms with E-state index in [1.807, 2.05) is 104 Å². The van der Waals surface area contributed by atoms with Gasteiger partial charge in [0.05, 0.1) is 10.5 Å². The Kier molecular flexibility index (Phi) is 8.18. The fourth-order valence-electron chi connectivity index (χ4n) is 2.46. The van der Waals surface area contributed by atoms with Crippen molar-refractivity contribution in [1.29, 1.82) is 0 Å². The van der Waals surface area contributed by atoms with E-state index in [1.54, 1.807) is 35.8 Å². The fourth-order valence-corrected chi connectivity index (χ4v) is 4.58. The molecule has 1 amide bonds. The Morgan fingerprint density at radius 2 is 1.37 bits per heavy atom. The van der Waals surface area contributed by atoms with Crippen molar-refractivity contribution in [3.05, 3.63) is 101 Å². The van der Waals surface area contributed by atoms with Gasteiger partial charge < -0.3 is 4.90 Å². The van der Waals surface area contributed by atoms with Crippen LogP contribution in [0.1, 0.15) is 5.56 Å². The SMILES string of the molecule is CN(C)c1ccc(/C=N\NC(=O)C=C(Sc2ccccc2)Sc2ccccc2)cc1. The topological polar surface area (TPSA) is 44.7 Å². The van der Waals surface area contributed by atoms with Crippen molar-refractivity contribution < 1.29 is 4.79 Å². The maximum Gasteiger partial charge on any atom is 0.265 e. The van der Waals surface area contributed by atoms with Crippen molar-refractivity contribution in [3.63, 3.8) is 0 Å². The van der Waals surface area contributed by atoms with Crippen molar-refractivity contribution in [1.82, 2.24) is 5.43 Å². The summed E-state index contributed by atoms with van der Waals surface area (Å²) in [4.78, 5) is 16.6. The number of thioether (sulfide) groups is 2. The lowest BCUT2D eigenvalue weighted by Gasteiger charge is -2.11.